The molecule has 110 valence electrons. The van der Waals surface area contributed by atoms with E-state index in [-0.39, 0.29) is 0 Å². The highest BCUT2D eigenvalue weighted by Crippen LogP contribution is 2.31. The maximum atomic E-state index is 6.14. The Bertz CT molecular complexity index is 775. The van der Waals surface area contributed by atoms with Crippen LogP contribution in [0.1, 0.15) is 11.4 Å². The van der Waals surface area contributed by atoms with Crippen molar-refractivity contribution in [3.63, 3.8) is 0 Å². The Hall–Kier alpha value is -2.11. The number of hydrogen-bond donors (Lipinski definition) is 0. The number of para-hydroxylation sites is 1. The summed E-state index contributed by atoms with van der Waals surface area (Å²) in [7, 11) is 0. The standard InChI is InChI=1S/C16H12ClN3OS/c17-13-6-2-1-5-12(13)9-18-14-7-3-4-8-15(14)22-10-16-19-11-21-20-16/h1-9,11H,10H2/b18-9+. The molecule has 0 radical (unpaired) electrons. The van der Waals surface area contributed by atoms with E-state index < -0.39 is 0 Å². The van der Waals surface area contributed by atoms with Crippen molar-refractivity contribution in [1.29, 1.82) is 0 Å². The summed E-state index contributed by atoms with van der Waals surface area (Å²) in [5.41, 5.74) is 1.78. The fourth-order valence-corrected chi connectivity index (χ4v) is 2.84. The SMILES string of the molecule is Clc1ccccc1/C=N/c1ccccc1SCc1ncon1. The van der Waals surface area contributed by atoms with Gasteiger partial charge < -0.3 is 4.52 Å². The van der Waals surface area contributed by atoms with Crippen LogP contribution < -0.4 is 0 Å². The van der Waals surface area contributed by atoms with Gasteiger partial charge in [0.1, 0.15) is 0 Å². The second-order valence-electron chi connectivity index (χ2n) is 4.38. The normalized spacial score (nSPS) is 11.1. The smallest absolute Gasteiger partial charge is 0.213 e. The maximum Gasteiger partial charge on any atom is 0.213 e. The van der Waals surface area contributed by atoms with Crippen LogP contribution in [0.15, 0.2) is 69.3 Å². The molecule has 2 aromatic carbocycles. The Morgan fingerprint density at radius 1 is 1.14 bits per heavy atom. The van der Waals surface area contributed by atoms with E-state index in [2.05, 4.69) is 15.1 Å². The minimum absolute atomic E-state index is 0.634. The van der Waals surface area contributed by atoms with Gasteiger partial charge in [0.25, 0.3) is 0 Å². The third-order valence-electron chi connectivity index (χ3n) is 2.88. The van der Waals surface area contributed by atoms with Crippen LogP contribution in [0.5, 0.6) is 0 Å². The molecule has 0 aliphatic rings. The molecule has 6 heteroatoms. The van der Waals surface area contributed by atoms with Gasteiger partial charge in [-0.25, -0.2) is 0 Å². The minimum Gasteiger partial charge on any atom is -0.343 e. The van der Waals surface area contributed by atoms with Crippen molar-refractivity contribution in [1.82, 2.24) is 10.1 Å². The first kappa shape index (κ1) is 14.8. The third kappa shape index (κ3) is 3.75. The van der Waals surface area contributed by atoms with E-state index in [0.717, 1.165) is 16.1 Å². The largest absolute Gasteiger partial charge is 0.343 e. The summed E-state index contributed by atoms with van der Waals surface area (Å²) >= 11 is 7.75. The Morgan fingerprint density at radius 2 is 1.95 bits per heavy atom. The lowest BCUT2D eigenvalue weighted by atomic mass is 10.2. The van der Waals surface area contributed by atoms with Gasteiger partial charge in [0.2, 0.25) is 6.39 Å². The van der Waals surface area contributed by atoms with E-state index in [1.807, 2.05) is 48.5 Å². The first-order valence-corrected chi connectivity index (χ1v) is 7.95. The van der Waals surface area contributed by atoms with Crippen molar-refractivity contribution in [2.24, 2.45) is 4.99 Å². The van der Waals surface area contributed by atoms with Crippen LogP contribution in [-0.4, -0.2) is 16.4 Å². The molecule has 4 nitrogen and oxygen atoms in total. The lowest BCUT2D eigenvalue weighted by Crippen LogP contribution is -1.85. The third-order valence-corrected chi connectivity index (χ3v) is 4.28. The van der Waals surface area contributed by atoms with E-state index in [9.17, 15) is 0 Å². The summed E-state index contributed by atoms with van der Waals surface area (Å²) in [4.78, 5) is 9.61. The number of halogens is 1. The highest BCUT2D eigenvalue weighted by atomic mass is 35.5. The molecular weight excluding hydrogens is 318 g/mol. The number of rotatable bonds is 5. The summed E-state index contributed by atoms with van der Waals surface area (Å²) in [6.07, 6.45) is 3.10. The fourth-order valence-electron chi connectivity index (χ4n) is 1.80. The molecule has 0 aliphatic carbocycles. The molecule has 0 N–H and O–H groups in total. The zero-order chi connectivity index (χ0) is 15.2. The molecule has 0 atom stereocenters. The molecule has 0 unspecified atom stereocenters. The highest BCUT2D eigenvalue weighted by Gasteiger charge is 2.04. The van der Waals surface area contributed by atoms with E-state index >= 15 is 0 Å². The second-order valence-corrected chi connectivity index (χ2v) is 5.81. The predicted molar refractivity (Wildman–Crippen MR) is 89.0 cm³/mol. The summed E-state index contributed by atoms with van der Waals surface area (Å²) in [5.74, 6) is 1.30. The van der Waals surface area contributed by atoms with Gasteiger partial charge >= 0.3 is 0 Å². The number of thioether (sulfide) groups is 1. The molecule has 1 heterocycles. The molecule has 0 aliphatic heterocycles. The van der Waals surface area contributed by atoms with Crippen LogP contribution in [0.25, 0.3) is 0 Å². The molecule has 1 aromatic heterocycles. The van der Waals surface area contributed by atoms with Gasteiger partial charge in [-0.2, -0.15) is 4.98 Å². The quantitative estimate of drug-likeness (QED) is 0.500. The van der Waals surface area contributed by atoms with E-state index in [1.165, 1.54) is 6.39 Å². The average molecular weight is 330 g/mol. The van der Waals surface area contributed by atoms with Crippen molar-refractivity contribution in [3.05, 3.63) is 71.3 Å². The number of hydrogen-bond acceptors (Lipinski definition) is 5. The van der Waals surface area contributed by atoms with Gasteiger partial charge in [-0.15, -0.1) is 11.8 Å². The predicted octanol–water partition coefficient (Wildman–Crippen LogP) is 4.77. The van der Waals surface area contributed by atoms with Gasteiger partial charge in [-0.3, -0.25) is 4.99 Å². The molecule has 0 saturated heterocycles. The zero-order valence-corrected chi connectivity index (χ0v) is 13.1. The summed E-state index contributed by atoms with van der Waals surface area (Å²) in [5, 5.41) is 4.49. The van der Waals surface area contributed by atoms with Crippen molar-refractivity contribution in [2.75, 3.05) is 0 Å². The second kappa shape index (κ2) is 7.24. The Balaban J connectivity index is 1.77. The lowest BCUT2D eigenvalue weighted by molar-refractivity contribution is 0.412. The Morgan fingerprint density at radius 3 is 2.77 bits per heavy atom. The molecular formula is C16H12ClN3OS. The van der Waals surface area contributed by atoms with E-state index in [4.69, 9.17) is 16.1 Å². The van der Waals surface area contributed by atoms with Gasteiger partial charge in [-0.05, 0) is 18.2 Å². The van der Waals surface area contributed by atoms with Gasteiger partial charge in [0.15, 0.2) is 5.82 Å². The topological polar surface area (TPSA) is 51.3 Å². The van der Waals surface area contributed by atoms with Gasteiger partial charge in [0, 0.05) is 21.7 Å². The molecule has 3 aromatic rings. The summed E-state index contributed by atoms with van der Waals surface area (Å²) in [6, 6.07) is 15.5. The molecule has 0 saturated carbocycles. The van der Waals surface area contributed by atoms with Crippen molar-refractivity contribution < 1.29 is 4.52 Å². The van der Waals surface area contributed by atoms with Crippen LogP contribution >= 0.6 is 23.4 Å². The van der Waals surface area contributed by atoms with Gasteiger partial charge in [-0.1, -0.05) is 47.1 Å². The molecule has 3 rings (SSSR count). The fraction of sp³-hybridized carbons (Fsp3) is 0.0625. The van der Waals surface area contributed by atoms with Crippen LogP contribution in [0.2, 0.25) is 5.02 Å². The average Bonchev–Trinajstić information content (AvgIpc) is 3.06. The lowest BCUT2D eigenvalue weighted by Gasteiger charge is -2.03. The molecule has 22 heavy (non-hydrogen) atoms. The summed E-state index contributed by atoms with van der Waals surface area (Å²) < 4.78 is 4.73. The number of nitrogens with zero attached hydrogens (tertiary/aromatic N) is 3. The summed E-state index contributed by atoms with van der Waals surface area (Å²) in [6.45, 7) is 0. The number of aromatic nitrogens is 2. The van der Waals surface area contributed by atoms with Crippen LogP contribution in [-0.2, 0) is 5.75 Å². The van der Waals surface area contributed by atoms with E-state index in [1.54, 1.807) is 18.0 Å². The Labute approximate surface area is 137 Å². The zero-order valence-electron chi connectivity index (χ0n) is 11.5. The number of benzene rings is 2. The molecule has 0 spiro atoms. The molecule has 0 amide bonds. The Kier molecular flexibility index (Phi) is 4.88. The van der Waals surface area contributed by atoms with Gasteiger partial charge in [0.05, 0.1) is 11.4 Å². The molecule has 0 fully saturated rings. The van der Waals surface area contributed by atoms with Crippen LogP contribution in [0.4, 0.5) is 5.69 Å². The first-order chi connectivity index (χ1) is 10.8. The molecule has 0 bridgehead atoms. The minimum atomic E-state index is 0.634. The monoisotopic (exact) mass is 329 g/mol. The highest BCUT2D eigenvalue weighted by molar-refractivity contribution is 7.98. The van der Waals surface area contributed by atoms with E-state index in [0.29, 0.717) is 16.6 Å². The van der Waals surface area contributed by atoms with Crippen molar-refractivity contribution >= 4 is 35.3 Å². The maximum absolute atomic E-state index is 6.14. The van der Waals surface area contributed by atoms with Crippen molar-refractivity contribution in [3.8, 4) is 0 Å². The van der Waals surface area contributed by atoms with Crippen LogP contribution in [0.3, 0.4) is 0 Å². The number of aliphatic imine (C=N–C) groups is 1. The first-order valence-electron chi connectivity index (χ1n) is 6.58. The van der Waals surface area contributed by atoms with Crippen molar-refractivity contribution in [2.45, 2.75) is 10.6 Å². The van der Waals surface area contributed by atoms with Crippen LogP contribution in [0, 0.1) is 0 Å².